The zero-order valence-corrected chi connectivity index (χ0v) is 11.2. The van der Waals surface area contributed by atoms with Crippen molar-refractivity contribution < 1.29 is 4.74 Å². The first-order chi connectivity index (χ1) is 8.56. The second-order valence-electron chi connectivity index (χ2n) is 4.21. The number of benzene rings is 1. The summed E-state index contributed by atoms with van der Waals surface area (Å²) in [6, 6.07) is 9.33. The first-order valence-corrected chi connectivity index (χ1v) is 6.05. The van der Waals surface area contributed by atoms with Crippen LogP contribution in [0.15, 0.2) is 30.3 Å². The summed E-state index contributed by atoms with van der Waals surface area (Å²) >= 11 is 6.10. The van der Waals surface area contributed by atoms with Gasteiger partial charge in [0, 0.05) is 5.02 Å². The van der Waals surface area contributed by atoms with Crippen molar-refractivity contribution >= 4 is 17.4 Å². The van der Waals surface area contributed by atoms with Gasteiger partial charge in [-0.2, -0.15) is 0 Å². The van der Waals surface area contributed by atoms with Crippen LogP contribution in [0, 0.1) is 13.8 Å². The molecule has 0 saturated carbocycles. The second kappa shape index (κ2) is 5.27. The van der Waals surface area contributed by atoms with Gasteiger partial charge in [-0.1, -0.05) is 17.7 Å². The molecular weight excluding hydrogens is 248 g/mol. The van der Waals surface area contributed by atoms with Gasteiger partial charge in [0.05, 0.1) is 5.69 Å². The maximum atomic E-state index is 6.10. The first kappa shape index (κ1) is 12.7. The number of rotatable bonds is 3. The molecule has 0 saturated heterocycles. The summed E-state index contributed by atoms with van der Waals surface area (Å²) < 4.78 is 5.69. The Hall–Kier alpha value is -1.74. The number of pyridine rings is 1. The molecule has 0 bridgehead atoms. The van der Waals surface area contributed by atoms with Gasteiger partial charge in [0.1, 0.15) is 18.2 Å². The molecule has 0 aliphatic rings. The number of anilines is 1. The van der Waals surface area contributed by atoms with Gasteiger partial charge in [-0.3, -0.25) is 0 Å². The summed E-state index contributed by atoms with van der Waals surface area (Å²) in [5.41, 5.74) is 8.43. The van der Waals surface area contributed by atoms with Gasteiger partial charge in [-0.25, -0.2) is 4.98 Å². The van der Waals surface area contributed by atoms with Crippen molar-refractivity contribution in [3.63, 3.8) is 0 Å². The van der Waals surface area contributed by atoms with Crippen LogP contribution in [0.25, 0.3) is 0 Å². The smallest absolute Gasteiger partial charge is 0.130 e. The third kappa shape index (κ3) is 2.93. The third-order valence-corrected chi connectivity index (χ3v) is 3.22. The third-order valence-electron chi connectivity index (χ3n) is 2.62. The Morgan fingerprint density at radius 3 is 2.50 bits per heavy atom. The van der Waals surface area contributed by atoms with Crippen LogP contribution >= 0.6 is 11.6 Å². The van der Waals surface area contributed by atoms with E-state index in [1.54, 1.807) is 6.07 Å². The molecule has 0 radical (unpaired) electrons. The van der Waals surface area contributed by atoms with E-state index in [0.717, 1.165) is 27.6 Å². The molecule has 4 heteroatoms. The van der Waals surface area contributed by atoms with Crippen LogP contribution in [0.1, 0.15) is 16.8 Å². The number of nitrogen functional groups attached to an aromatic ring is 1. The van der Waals surface area contributed by atoms with Crippen LogP contribution in [0.5, 0.6) is 5.75 Å². The van der Waals surface area contributed by atoms with Crippen molar-refractivity contribution in [1.82, 2.24) is 4.98 Å². The van der Waals surface area contributed by atoms with Crippen molar-refractivity contribution in [3.05, 3.63) is 52.2 Å². The van der Waals surface area contributed by atoms with Crippen LogP contribution in [0.4, 0.5) is 5.82 Å². The van der Waals surface area contributed by atoms with Crippen molar-refractivity contribution in [3.8, 4) is 5.75 Å². The Kier molecular flexibility index (Phi) is 3.72. The highest BCUT2D eigenvalue weighted by molar-refractivity contribution is 6.32. The fraction of sp³-hybridized carbons (Fsp3) is 0.214. The van der Waals surface area contributed by atoms with E-state index in [1.165, 1.54) is 0 Å². The van der Waals surface area contributed by atoms with Gasteiger partial charge in [0.25, 0.3) is 0 Å². The van der Waals surface area contributed by atoms with Crippen molar-refractivity contribution in [2.24, 2.45) is 0 Å². The van der Waals surface area contributed by atoms with E-state index in [9.17, 15) is 0 Å². The lowest BCUT2D eigenvalue weighted by atomic mass is 10.1. The number of hydrogen-bond acceptors (Lipinski definition) is 3. The number of halogens is 1. The Morgan fingerprint density at radius 1 is 1.22 bits per heavy atom. The van der Waals surface area contributed by atoms with Crippen LogP contribution in [0.3, 0.4) is 0 Å². The average molecular weight is 263 g/mol. The Bertz CT molecular complexity index is 546. The van der Waals surface area contributed by atoms with Gasteiger partial charge in [0.2, 0.25) is 0 Å². The van der Waals surface area contributed by atoms with E-state index in [4.69, 9.17) is 22.1 Å². The molecule has 94 valence electrons. The Labute approximate surface area is 112 Å². The molecule has 1 aromatic heterocycles. The summed E-state index contributed by atoms with van der Waals surface area (Å²) in [7, 11) is 0. The number of hydrogen-bond donors (Lipinski definition) is 1. The minimum Gasteiger partial charge on any atom is -0.487 e. The average Bonchev–Trinajstić information content (AvgIpc) is 2.33. The second-order valence-corrected chi connectivity index (χ2v) is 4.59. The zero-order valence-electron chi connectivity index (χ0n) is 10.4. The lowest BCUT2D eigenvalue weighted by Gasteiger charge is -2.09. The van der Waals surface area contributed by atoms with E-state index >= 15 is 0 Å². The number of aryl methyl sites for hydroxylation is 2. The van der Waals surface area contributed by atoms with Crippen LogP contribution < -0.4 is 10.5 Å². The number of nitrogens with two attached hydrogens (primary N) is 1. The molecule has 1 heterocycles. The number of aromatic nitrogens is 1. The minimum absolute atomic E-state index is 0.394. The summed E-state index contributed by atoms with van der Waals surface area (Å²) in [5.74, 6) is 1.29. The largest absolute Gasteiger partial charge is 0.487 e. The molecule has 0 aliphatic heterocycles. The van der Waals surface area contributed by atoms with Gasteiger partial charge in [-0.05, 0) is 49.2 Å². The van der Waals surface area contributed by atoms with Gasteiger partial charge in [0.15, 0.2) is 0 Å². The lowest BCUT2D eigenvalue weighted by molar-refractivity contribution is 0.301. The molecule has 0 atom stereocenters. The maximum Gasteiger partial charge on any atom is 0.130 e. The Morgan fingerprint density at radius 2 is 1.89 bits per heavy atom. The van der Waals surface area contributed by atoms with Crippen molar-refractivity contribution in [2.45, 2.75) is 20.5 Å². The topological polar surface area (TPSA) is 48.1 Å². The molecule has 0 amide bonds. The summed E-state index contributed by atoms with van der Waals surface area (Å²) in [5, 5.41) is 0.782. The highest BCUT2D eigenvalue weighted by atomic mass is 35.5. The molecule has 0 unspecified atom stereocenters. The predicted molar refractivity (Wildman–Crippen MR) is 73.9 cm³/mol. The molecule has 18 heavy (non-hydrogen) atoms. The molecule has 0 aliphatic carbocycles. The van der Waals surface area contributed by atoms with Gasteiger partial charge in [-0.15, -0.1) is 0 Å². The van der Waals surface area contributed by atoms with E-state index in [0.29, 0.717) is 12.4 Å². The molecule has 3 nitrogen and oxygen atoms in total. The van der Waals surface area contributed by atoms with Crippen LogP contribution in [-0.2, 0) is 6.61 Å². The Balaban J connectivity index is 2.11. The lowest BCUT2D eigenvalue weighted by Crippen LogP contribution is -2.01. The monoisotopic (exact) mass is 262 g/mol. The molecule has 2 rings (SSSR count). The van der Waals surface area contributed by atoms with Gasteiger partial charge < -0.3 is 10.5 Å². The fourth-order valence-electron chi connectivity index (χ4n) is 1.73. The molecular formula is C14H15ClN2O. The summed E-state index contributed by atoms with van der Waals surface area (Å²) in [6.07, 6.45) is 0. The minimum atomic E-state index is 0.394. The quantitative estimate of drug-likeness (QED) is 0.921. The normalized spacial score (nSPS) is 10.4. The molecule has 2 N–H and O–H groups in total. The maximum absolute atomic E-state index is 6.10. The van der Waals surface area contributed by atoms with E-state index in [-0.39, 0.29) is 0 Å². The molecule has 0 fully saturated rings. The van der Waals surface area contributed by atoms with Crippen LogP contribution in [-0.4, -0.2) is 4.98 Å². The predicted octanol–water partition coefficient (Wildman–Crippen LogP) is 3.51. The zero-order chi connectivity index (χ0) is 13.1. The molecule has 2 aromatic rings. The number of ether oxygens (including phenoxy) is 1. The summed E-state index contributed by atoms with van der Waals surface area (Å²) in [4.78, 5) is 4.18. The van der Waals surface area contributed by atoms with Crippen molar-refractivity contribution in [2.75, 3.05) is 5.73 Å². The van der Waals surface area contributed by atoms with Gasteiger partial charge >= 0.3 is 0 Å². The molecule has 1 aromatic carbocycles. The van der Waals surface area contributed by atoms with E-state index in [2.05, 4.69) is 4.98 Å². The van der Waals surface area contributed by atoms with Crippen LogP contribution in [0.2, 0.25) is 5.02 Å². The van der Waals surface area contributed by atoms with E-state index in [1.807, 2.05) is 38.1 Å². The highest BCUT2D eigenvalue weighted by Gasteiger charge is 2.04. The van der Waals surface area contributed by atoms with Crippen molar-refractivity contribution in [1.29, 1.82) is 0 Å². The first-order valence-electron chi connectivity index (χ1n) is 5.67. The molecule has 0 spiro atoms. The highest BCUT2D eigenvalue weighted by Crippen LogP contribution is 2.26. The van der Waals surface area contributed by atoms with E-state index < -0.39 is 0 Å². The fourth-order valence-corrected chi connectivity index (χ4v) is 1.83. The standard InChI is InChI=1S/C14H15ClN2O/c1-9-6-12(7-10(2)14(9)15)18-8-11-4-3-5-13(16)17-11/h3-7H,8H2,1-2H3,(H2,16,17). The summed E-state index contributed by atoms with van der Waals surface area (Å²) in [6.45, 7) is 4.31. The number of nitrogens with zero attached hydrogens (tertiary/aromatic N) is 1. The SMILES string of the molecule is Cc1cc(OCc2cccc(N)n2)cc(C)c1Cl.